The molecule has 1 fully saturated rings. The Hall–Kier alpha value is -3.02. The Bertz CT molecular complexity index is 920. The molecule has 2 aromatic carbocycles. The van der Waals surface area contributed by atoms with Gasteiger partial charge in [-0.25, -0.2) is 0 Å². The van der Waals surface area contributed by atoms with E-state index in [2.05, 4.69) is 5.32 Å². The minimum absolute atomic E-state index is 0.120. The fraction of sp³-hybridized carbons (Fsp3) is 0.462. The average molecular weight is 439 g/mol. The maximum atomic E-state index is 13.2. The van der Waals surface area contributed by atoms with Crippen LogP contribution in [0.2, 0.25) is 0 Å². The summed E-state index contributed by atoms with van der Waals surface area (Å²) in [6, 6.07) is 12.9. The van der Waals surface area contributed by atoms with Crippen LogP contribution in [0.25, 0.3) is 0 Å². The van der Waals surface area contributed by atoms with E-state index in [-0.39, 0.29) is 24.5 Å². The molecule has 1 saturated carbocycles. The van der Waals surface area contributed by atoms with Crippen LogP contribution in [0.1, 0.15) is 49.3 Å². The summed E-state index contributed by atoms with van der Waals surface area (Å²) in [7, 11) is 1.62. The Balaban J connectivity index is 1.73. The Morgan fingerprint density at radius 1 is 1.09 bits per heavy atom. The Labute approximate surface area is 190 Å². The van der Waals surface area contributed by atoms with Crippen LogP contribution in [-0.2, 0) is 16.1 Å². The van der Waals surface area contributed by atoms with Crippen LogP contribution in [0.15, 0.2) is 42.5 Å². The minimum atomic E-state index is -0.604. The molecule has 1 unspecified atom stereocenters. The predicted molar refractivity (Wildman–Crippen MR) is 125 cm³/mol. The number of carbonyl (C=O) groups excluding carboxylic acids is 2. The second kappa shape index (κ2) is 11.0. The van der Waals surface area contributed by atoms with E-state index in [9.17, 15) is 9.59 Å². The maximum absolute atomic E-state index is 13.2. The van der Waals surface area contributed by atoms with E-state index in [1.807, 2.05) is 56.3 Å². The fourth-order valence-corrected chi connectivity index (χ4v) is 4.01. The average Bonchev–Trinajstić information content (AvgIpc) is 3.31. The third kappa shape index (κ3) is 6.02. The molecular weight excluding hydrogens is 404 g/mol. The zero-order chi connectivity index (χ0) is 23.1. The molecule has 1 aliphatic rings. The van der Waals surface area contributed by atoms with Crippen LogP contribution in [0, 0.1) is 13.8 Å². The monoisotopic (exact) mass is 438 g/mol. The zero-order valence-corrected chi connectivity index (χ0v) is 19.5. The van der Waals surface area contributed by atoms with Gasteiger partial charge >= 0.3 is 0 Å². The Kier molecular flexibility index (Phi) is 8.14. The number of ether oxygens (including phenoxy) is 2. The van der Waals surface area contributed by atoms with Crippen molar-refractivity contribution in [1.29, 1.82) is 0 Å². The highest BCUT2D eigenvalue weighted by Gasteiger charge is 2.28. The summed E-state index contributed by atoms with van der Waals surface area (Å²) >= 11 is 0. The van der Waals surface area contributed by atoms with Gasteiger partial charge in [0.2, 0.25) is 5.91 Å². The van der Waals surface area contributed by atoms with Crippen LogP contribution in [0.5, 0.6) is 11.5 Å². The Morgan fingerprint density at radius 3 is 2.44 bits per heavy atom. The first-order chi connectivity index (χ1) is 15.4. The smallest absolute Gasteiger partial charge is 0.261 e. The molecule has 1 N–H and O–H groups in total. The van der Waals surface area contributed by atoms with Gasteiger partial charge in [0, 0.05) is 12.6 Å². The van der Waals surface area contributed by atoms with Gasteiger partial charge in [0.1, 0.15) is 17.5 Å². The van der Waals surface area contributed by atoms with E-state index < -0.39 is 6.04 Å². The van der Waals surface area contributed by atoms with Crippen molar-refractivity contribution in [2.45, 2.75) is 65.1 Å². The molecule has 2 amide bonds. The molecule has 0 aromatic heterocycles. The normalized spacial score (nSPS) is 14.6. The fourth-order valence-electron chi connectivity index (χ4n) is 4.01. The molecule has 172 valence electrons. The minimum Gasteiger partial charge on any atom is -0.497 e. The SMILES string of the molecule is COc1ccc(CN(C(=O)COc2cccc(C)c2C)C(C)C(=O)NC2CCCC2)cc1. The van der Waals surface area contributed by atoms with Crippen molar-refractivity contribution >= 4 is 11.8 Å². The van der Waals surface area contributed by atoms with Crippen molar-refractivity contribution in [2.75, 3.05) is 13.7 Å². The van der Waals surface area contributed by atoms with E-state index in [0.29, 0.717) is 12.3 Å². The molecule has 1 aliphatic carbocycles. The van der Waals surface area contributed by atoms with Gasteiger partial charge in [0.05, 0.1) is 7.11 Å². The molecule has 32 heavy (non-hydrogen) atoms. The number of hydrogen-bond acceptors (Lipinski definition) is 4. The van der Waals surface area contributed by atoms with Gasteiger partial charge in [-0.15, -0.1) is 0 Å². The van der Waals surface area contributed by atoms with Gasteiger partial charge in [-0.05, 0) is 68.5 Å². The highest BCUT2D eigenvalue weighted by atomic mass is 16.5. The number of carbonyl (C=O) groups is 2. The molecule has 0 heterocycles. The maximum Gasteiger partial charge on any atom is 0.261 e. The van der Waals surface area contributed by atoms with Gasteiger partial charge in [0.25, 0.3) is 5.91 Å². The summed E-state index contributed by atoms with van der Waals surface area (Å²) < 4.78 is 11.1. The van der Waals surface area contributed by atoms with E-state index >= 15 is 0 Å². The molecule has 0 bridgehead atoms. The zero-order valence-electron chi connectivity index (χ0n) is 19.5. The number of hydrogen-bond donors (Lipinski definition) is 1. The number of methoxy groups -OCH3 is 1. The lowest BCUT2D eigenvalue weighted by Gasteiger charge is -2.30. The first-order valence-electron chi connectivity index (χ1n) is 11.3. The van der Waals surface area contributed by atoms with Gasteiger partial charge in [-0.2, -0.15) is 0 Å². The summed E-state index contributed by atoms with van der Waals surface area (Å²) in [5.74, 6) is 1.09. The highest BCUT2D eigenvalue weighted by Crippen LogP contribution is 2.22. The van der Waals surface area contributed by atoms with E-state index in [1.165, 1.54) is 0 Å². The van der Waals surface area contributed by atoms with Crippen molar-refractivity contribution in [1.82, 2.24) is 10.2 Å². The van der Waals surface area contributed by atoms with Crippen molar-refractivity contribution in [3.8, 4) is 11.5 Å². The number of benzene rings is 2. The van der Waals surface area contributed by atoms with Gasteiger partial charge in [-0.1, -0.05) is 37.1 Å². The second-order valence-corrected chi connectivity index (χ2v) is 8.52. The highest BCUT2D eigenvalue weighted by molar-refractivity contribution is 5.88. The molecule has 0 saturated heterocycles. The summed E-state index contributed by atoms with van der Waals surface area (Å²) in [5, 5.41) is 3.11. The molecule has 2 aromatic rings. The second-order valence-electron chi connectivity index (χ2n) is 8.52. The standard InChI is InChI=1S/C26H34N2O4/c1-18-8-7-11-24(19(18)2)32-17-25(29)28(16-21-12-14-23(31-4)15-13-21)20(3)26(30)27-22-9-5-6-10-22/h7-8,11-15,20,22H,5-6,9-10,16-17H2,1-4H3,(H,27,30). The topological polar surface area (TPSA) is 67.9 Å². The molecule has 0 radical (unpaired) electrons. The van der Waals surface area contributed by atoms with Crippen molar-refractivity contribution in [3.05, 3.63) is 59.2 Å². The molecule has 0 aliphatic heterocycles. The first-order valence-corrected chi connectivity index (χ1v) is 11.3. The van der Waals surface area contributed by atoms with Crippen LogP contribution < -0.4 is 14.8 Å². The first kappa shape index (κ1) is 23.6. The lowest BCUT2D eigenvalue weighted by atomic mass is 10.1. The number of aryl methyl sites for hydroxylation is 1. The van der Waals surface area contributed by atoms with Crippen molar-refractivity contribution < 1.29 is 19.1 Å². The van der Waals surface area contributed by atoms with Gasteiger partial charge in [-0.3, -0.25) is 9.59 Å². The number of amides is 2. The van der Waals surface area contributed by atoms with Gasteiger partial charge in [0.15, 0.2) is 6.61 Å². The molecular formula is C26H34N2O4. The number of rotatable bonds is 9. The summed E-state index contributed by atoms with van der Waals surface area (Å²) in [6.07, 6.45) is 4.27. The molecule has 1 atom stereocenters. The van der Waals surface area contributed by atoms with E-state index in [1.54, 1.807) is 18.9 Å². The summed E-state index contributed by atoms with van der Waals surface area (Å²) in [5.41, 5.74) is 3.04. The van der Waals surface area contributed by atoms with Crippen LogP contribution in [-0.4, -0.2) is 42.5 Å². The summed E-state index contributed by atoms with van der Waals surface area (Å²) in [4.78, 5) is 27.8. The molecule has 6 heteroatoms. The quantitative estimate of drug-likeness (QED) is 0.638. The lowest BCUT2D eigenvalue weighted by Crippen LogP contribution is -2.50. The third-order valence-electron chi connectivity index (χ3n) is 6.29. The van der Waals surface area contributed by atoms with Crippen molar-refractivity contribution in [2.24, 2.45) is 0 Å². The third-order valence-corrected chi connectivity index (χ3v) is 6.29. The van der Waals surface area contributed by atoms with E-state index in [4.69, 9.17) is 9.47 Å². The van der Waals surface area contributed by atoms with E-state index in [0.717, 1.165) is 48.1 Å². The molecule has 0 spiro atoms. The summed E-state index contributed by atoms with van der Waals surface area (Å²) in [6.45, 7) is 5.96. The van der Waals surface area contributed by atoms with Crippen LogP contribution in [0.3, 0.4) is 0 Å². The Morgan fingerprint density at radius 2 is 1.78 bits per heavy atom. The van der Waals surface area contributed by atoms with Crippen LogP contribution >= 0.6 is 0 Å². The molecule has 3 rings (SSSR count). The number of nitrogens with one attached hydrogen (secondary N) is 1. The largest absolute Gasteiger partial charge is 0.497 e. The predicted octanol–water partition coefficient (Wildman–Crippen LogP) is 4.17. The van der Waals surface area contributed by atoms with Gasteiger partial charge < -0.3 is 19.7 Å². The number of nitrogens with zero attached hydrogens (tertiary/aromatic N) is 1. The molecule has 6 nitrogen and oxygen atoms in total. The van der Waals surface area contributed by atoms with Crippen LogP contribution in [0.4, 0.5) is 0 Å². The lowest BCUT2D eigenvalue weighted by molar-refractivity contribution is -0.142. The van der Waals surface area contributed by atoms with Crippen molar-refractivity contribution in [3.63, 3.8) is 0 Å².